The number of benzene rings is 2. The molecule has 0 aliphatic rings. The van der Waals surface area contributed by atoms with Crippen molar-refractivity contribution in [2.45, 2.75) is 27.3 Å². The molecule has 0 aliphatic carbocycles. The van der Waals surface area contributed by atoms with E-state index < -0.39 is 0 Å². The lowest BCUT2D eigenvalue weighted by molar-refractivity contribution is -0.116. The van der Waals surface area contributed by atoms with E-state index >= 15 is 0 Å². The van der Waals surface area contributed by atoms with Gasteiger partial charge in [0.2, 0.25) is 5.91 Å². The van der Waals surface area contributed by atoms with Gasteiger partial charge in [-0.2, -0.15) is 5.10 Å². The van der Waals surface area contributed by atoms with Crippen LogP contribution in [0, 0.1) is 6.92 Å². The summed E-state index contributed by atoms with van der Waals surface area (Å²) in [7, 11) is 0. The summed E-state index contributed by atoms with van der Waals surface area (Å²) in [5, 5.41) is 8.55. The van der Waals surface area contributed by atoms with Gasteiger partial charge in [0.05, 0.1) is 5.69 Å². The van der Waals surface area contributed by atoms with Crippen LogP contribution in [0.15, 0.2) is 66.9 Å². The lowest BCUT2D eigenvalue weighted by Crippen LogP contribution is -2.22. The highest BCUT2D eigenvalue weighted by atomic mass is 16.2. The molecule has 6 nitrogen and oxygen atoms in total. The molecule has 158 valence electrons. The van der Waals surface area contributed by atoms with Crippen molar-refractivity contribution in [2.75, 3.05) is 23.3 Å². The zero-order valence-electron chi connectivity index (χ0n) is 18.2. The largest absolute Gasteiger partial charge is 0.372 e. The molecule has 1 amide bonds. The fraction of sp³-hybridized carbons (Fsp3) is 0.240. The van der Waals surface area contributed by atoms with Crippen LogP contribution < -0.4 is 10.2 Å². The quantitative estimate of drug-likeness (QED) is 0.468. The van der Waals surface area contributed by atoms with Crippen LogP contribution in [0.3, 0.4) is 0 Å². The van der Waals surface area contributed by atoms with E-state index in [9.17, 15) is 4.79 Å². The number of nitrogens with zero attached hydrogens (tertiary/aromatic N) is 4. The molecule has 2 aromatic carbocycles. The molecule has 0 spiro atoms. The third kappa shape index (κ3) is 4.28. The number of carbonyl (C=O) groups is 1. The highest BCUT2D eigenvalue weighted by molar-refractivity contribution is 5.96. The number of carbonyl (C=O) groups excluding carboxylic acids is 1. The lowest BCUT2D eigenvalue weighted by atomic mass is 10.0. The summed E-state index contributed by atoms with van der Waals surface area (Å²) in [6.45, 7) is 8.22. The molecular weight excluding hydrogens is 386 g/mol. The molecule has 4 aromatic rings. The van der Waals surface area contributed by atoms with Crippen molar-refractivity contribution in [3.8, 4) is 11.1 Å². The number of amides is 1. The van der Waals surface area contributed by atoms with Gasteiger partial charge in [-0.15, -0.1) is 0 Å². The van der Waals surface area contributed by atoms with E-state index in [1.807, 2.05) is 55.5 Å². The molecule has 0 saturated carbocycles. The molecule has 2 aromatic heterocycles. The average Bonchev–Trinajstić information content (AvgIpc) is 3.11. The average molecular weight is 414 g/mol. The molecular formula is C25H27N5O. The Morgan fingerprint density at radius 1 is 1.00 bits per heavy atom. The van der Waals surface area contributed by atoms with E-state index in [4.69, 9.17) is 0 Å². The Hall–Kier alpha value is -3.67. The Morgan fingerprint density at radius 2 is 1.71 bits per heavy atom. The second-order valence-corrected chi connectivity index (χ2v) is 7.43. The number of fused-ring (bicyclic) bond motifs is 1. The molecule has 0 radical (unpaired) electrons. The first-order valence-electron chi connectivity index (χ1n) is 10.6. The molecule has 6 heteroatoms. The second-order valence-electron chi connectivity index (χ2n) is 7.43. The SMILES string of the molecule is CCN(CC)c1ccc(NC(=O)Cn2nc(C)c3c(-c4ccccc4)ccnc32)cc1. The summed E-state index contributed by atoms with van der Waals surface area (Å²) in [5.41, 5.74) is 5.67. The van der Waals surface area contributed by atoms with Gasteiger partial charge in [-0.1, -0.05) is 30.3 Å². The number of rotatable bonds is 7. The maximum Gasteiger partial charge on any atom is 0.246 e. The van der Waals surface area contributed by atoms with Gasteiger partial charge in [0, 0.05) is 36.0 Å². The highest BCUT2D eigenvalue weighted by Crippen LogP contribution is 2.29. The molecule has 0 unspecified atom stereocenters. The van der Waals surface area contributed by atoms with Crippen LogP contribution in [0.1, 0.15) is 19.5 Å². The van der Waals surface area contributed by atoms with Crippen LogP contribution in [0.2, 0.25) is 0 Å². The predicted octanol–water partition coefficient (Wildman–Crippen LogP) is 4.89. The number of aromatic nitrogens is 3. The van der Waals surface area contributed by atoms with Gasteiger partial charge in [-0.05, 0) is 62.2 Å². The Labute approximate surface area is 182 Å². The number of nitrogens with one attached hydrogen (secondary N) is 1. The van der Waals surface area contributed by atoms with Crippen LogP contribution >= 0.6 is 0 Å². The van der Waals surface area contributed by atoms with Crippen LogP contribution in [-0.2, 0) is 11.3 Å². The van der Waals surface area contributed by atoms with Gasteiger partial charge in [0.25, 0.3) is 0 Å². The van der Waals surface area contributed by atoms with E-state index in [0.717, 1.165) is 46.7 Å². The first kappa shape index (κ1) is 20.6. The van der Waals surface area contributed by atoms with Crippen LogP contribution in [0.5, 0.6) is 0 Å². The van der Waals surface area contributed by atoms with E-state index in [2.05, 4.69) is 46.3 Å². The normalized spacial score (nSPS) is 10.9. The van der Waals surface area contributed by atoms with E-state index in [1.54, 1.807) is 10.9 Å². The molecule has 4 rings (SSSR count). The minimum atomic E-state index is -0.132. The topological polar surface area (TPSA) is 63.1 Å². The van der Waals surface area contributed by atoms with Crippen molar-refractivity contribution in [1.82, 2.24) is 14.8 Å². The molecule has 0 fully saturated rings. The Bertz CT molecular complexity index is 1180. The van der Waals surface area contributed by atoms with Crippen molar-refractivity contribution in [1.29, 1.82) is 0 Å². The maximum atomic E-state index is 12.7. The van der Waals surface area contributed by atoms with Gasteiger partial charge in [0.1, 0.15) is 6.54 Å². The van der Waals surface area contributed by atoms with E-state index in [0.29, 0.717) is 5.65 Å². The van der Waals surface area contributed by atoms with Crippen molar-refractivity contribution in [3.05, 3.63) is 72.6 Å². The molecule has 2 heterocycles. The zero-order valence-corrected chi connectivity index (χ0v) is 18.2. The molecule has 0 atom stereocenters. The van der Waals surface area contributed by atoms with E-state index in [-0.39, 0.29) is 12.5 Å². The van der Waals surface area contributed by atoms with Gasteiger partial charge in [-0.25, -0.2) is 9.67 Å². The van der Waals surface area contributed by atoms with Crippen LogP contribution in [0.4, 0.5) is 11.4 Å². The van der Waals surface area contributed by atoms with E-state index in [1.165, 1.54) is 0 Å². The Kier molecular flexibility index (Phi) is 5.98. The minimum absolute atomic E-state index is 0.105. The van der Waals surface area contributed by atoms with Crippen molar-refractivity contribution in [2.24, 2.45) is 0 Å². The van der Waals surface area contributed by atoms with Crippen molar-refractivity contribution < 1.29 is 4.79 Å². The standard InChI is InChI=1S/C25H27N5O/c1-4-29(5-2)21-13-11-20(12-14-21)27-23(31)17-30-25-24(18(3)28-30)22(15-16-26-25)19-9-7-6-8-10-19/h6-16H,4-5,17H2,1-3H3,(H,27,31). The lowest BCUT2D eigenvalue weighted by Gasteiger charge is -2.21. The fourth-order valence-corrected chi connectivity index (χ4v) is 3.93. The third-order valence-corrected chi connectivity index (χ3v) is 5.47. The molecule has 31 heavy (non-hydrogen) atoms. The van der Waals surface area contributed by atoms with Gasteiger partial charge >= 0.3 is 0 Å². The zero-order chi connectivity index (χ0) is 21.8. The summed E-state index contributed by atoms with van der Waals surface area (Å²) in [6.07, 6.45) is 1.77. The van der Waals surface area contributed by atoms with Gasteiger partial charge in [0.15, 0.2) is 5.65 Å². The minimum Gasteiger partial charge on any atom is -0.372 e. The van der Waals surface area contributed by atoms with Crippen LogP contribution in [-0.4, -0.2) is 33.8 Å². The number of hydrogen-bond donors (Lipinski definition) is 1. The summed E-state index contributed by atoms with van der Waals surface area (Å²) < 4.78 is 1.68. The molecule has 0 aliphatic heterocycles. The molecule has 0 saturated heterocycles. The number of anilines is 2. The number of pyridine rings is 1. The monoisotopic (exact) mass is 413 g/mol. The Morgan fingerprint density at radius 3 is 2.39 bits per heavy atom. The maximum absolute atomic E-state index is 12.7. The summed E-state index contributed by atoms with van der Waals surface area (Å²) in [5.74, 6) is -0.132. The Balaban J connectivity index is 1.54. The summed E-state index contributed by atoms with van der Waals surface area (Å²) >= 11 is 0. The summed E-state index contributed by atoms with van der Waals surface area (Å²) in [6, 6.07) is 20.1. The second kappa shape index (κ2) is 9.00. The first-order valence-corrected chi connectivity index (χ1v) is 10.6. The number of hydrogen-bond acceptors (Lipinski definition) is 4. The molecule has 1 N–H and O–H groups in total. The highest BCUT2D eigenvalue weighted by Gasteiger charge is 2.16. The number of aryl methyl sites for hydroxylation is 1. The van der Waals surface area contributed by atoms with Gasteiger partial charge < -0.3 is 10.2 Å². The smallest absolute Gasteiger partial charge is 0.246 e. The van der Waals surface area contributed by atoms with Crippen molar-refractivity contribution >= 4 is 28.3 Å². The third-order valence-electron chi connectivity index (χ3n) is 5.47. The fourth-order valence-electron chi connectivity index (χ4n) is 3.93. The first-order chi connectivity index (χ1) is 15.1. The van der Waals surface area contributed by atoms with Crippen LogP contribution in [0.25, 0.3) is 22.2 Å². The van der Waals surface area contributed by atoms with Crippen molar-refractivity contribution in [3.63, 3.8) is 0 Å². The molecule has 0 bridgehead atoms. The predicted molar refractivity (Wildman–Crippen MR) is 126 cm³/mol. The van der Waals surface area contributed by atoms with Gasteiger partial charge in [-0.3, -0.25) is 4.79 Å². The summed E-state index contributed by atoms with van der Waals surface area (Å²) in [4.78, 5) is 19.5.